The lowest BCUT2D eigenvalue weighted by Gasteiger charge is -2.29. The molecule has 0 saturated carbocycles. The summed E-state index contributed by atoms with van der Waals surface area (Å²) in [7, 11) is 0. The molecule has 1 spiro atoms. The van der Waals surface area contributed by atoms with Gasteiger partial charge in [0.15, 0.2) is 0 Å². The molecule has 7 nitrogen and oxygen atoms in total. The van der Waals surface area contributed by atoms with Gasteiger partial charge >= 0.3 is 0 Å². The van der Waals surface area contributed by atoms with Gasteiger partial charge in [0.05, 0.1) is 11.8 Å². The van der Waals surface area contributed by atoms with Gasteiger partial charge in [0.1, 0.15) is 17.1 Å². The van der Waals surface area contributed by atoms with Crippen LogP contribution in [0.3, 0.4) is 0 Å². The second-order valence-corrected chi connectivity index (χ2v) is 8.76. The molecule has 3 N–H and O–H groups in total. The Morgan fingerprint density at radius 3 is 2.56 bits per heavy atom. The summed E-state index contributed by atoms with van der Waals surface area (Å²) in [6.45, 7) is 2.28. The van der Waals surface area contributed by atoms with Crippen LogP contribution in [-0.2, 0) is 26.3 Å². The van der Waals surface area contributed by atoms with Crippen LogP contribution < -0.4 is 10.6 Å². The number of carbonyl (C=O) groups is 3. The fourth-order valence-electron chi connectivity index (χ4n) is 5.43. The van der Waals surface area contributed by atoms with Crippen molar-refractivity contribution in [1.82, 2.24) is 10.2 Å². The fraction of sp³-hybridized carbons (Fsp3) is 0.375. The minimum absolute atomic E-state index is 0.125. The van der Waals surface area contributed by atoms with E-state index in [1.165, 1.54) is 23.1 Å². The SMILES string of the molecule is CCCCN1C(=O)[C@@H]2[C@H](Cc3ccc(O)cc3)N[C@]3(C(=O)Nc4ccc(F)cc43)[C@@H]2C1=O. The van der Waals surface area contributed by atoms with Crippen molar-refractivity contribution in [3.63, 3.8) is 0 Å². The van der Waals surface area contributed by atoms with Crippen LogP contribution in [0.4, 0.5) is 10.1 Å². The summed E-state index contributed by atoms with van der Waals surface area (Å²) in [4.78, 5) is 41.5. The maximum absolute atomic E-state index is 14.2. The molecule has 0 bridgehead atoms. The van der Waals surface area contributed by atoms with Crippen molar-refractivity contribution in [1.29, 1.82) is 0 Å². The molecule has 0 aliphatic carbocycles. The van der Waals surface area contributed by atoms with Crippen molar-refractivity contribution in [2.24, 2.45) is 11.8 Å². The average molecular weight is 437 g/mol. The summed E-state index contributed by atoms with van der Waals surface area (Å²) >= 11 is 0. The van der Waals surface area contributed by atoms with E-state index in [0.29, 0.717) is 30.6 Å². The molecule has 166 valence electrons. The summed E-state index contributed by atoms with van der Waals surface area (Å²) in [6, 6.07) is 10.1. The Kier molecular flexibility index (Phi) is 4.78. The first-order valence-electron chi connectivity index (χ1n) is 10.9. The highest BCUT2D eigenvalue weighted by molar-refractivity contribution is 6.15. The summed E-state index contributed by atoms with van der Waals surface area (Å²) in [5.41, 5.74) is 0.155. The number of likely N-dealkylation sites (tertiary alicyclic amines) is 1. The number of phenolic OH excluding ortho intramolecular Hbond substituents is 1. The number of amides is 3. The second-order valence-electron chi connectivity index (χ2n) is 8.76. The third-order valence-electron chi connectivity index (χ3n) is 6.90. The zero-order valence-corrected chi connectivity index (χ0v) is 17.6. The van der Waals surface area contributed by atoms with Crippen LogP contribution in [0.5, 0.6) is 5.75 Å². The smallest absolute Gasteiger partial charge is 0.250 e. The second kappa shape index (κ2) is 7.41. The van der Waals surface area contributed by atoms with Crippen molar-refractivity contribution >= 4 is 23.4 Å². The van der Waals surface area contributed by atoms with E-state index in [1.807, 2.05) is 6.92 Å². The predicted octanol–water partition coefficient (Wildman–Crippen LogP) is 2.29. The molecule has 0 radical (unpaired) electrons. The van der Waals surface area contributed by atoms with Gasteiger partial charge < -0.3 is 10.4 Å². The highest BCUT2D eigenvalue weighted by Crippen LogP contribution is 2.53. The van der Waals surface area contributed by atoms with Crippen molar-refractivity contribution < 1.29 is 23.9 Å². The predicted molar refractivity (Wildman–Crippen MR) is 114 cm³/mol. The van der Waals surface area contributed by atoms with Gasteiger partial charge in [-0.1, -0.05) is 25.5 Å². The summed E-state index contributed by atoms with van der Waals surface area (Å²) in [5, 5.41) is 15.7. The molecule has 2 saturated heterocycles. The van der Waals surface area contributed by atoms with Gasteiger partial charge in [-0.05, 0) is 48.7 Å². The van der Waals surface area contributed by atoms with Crippen molar-refractivity contribution in [2.75, 3.05) is 11.9 Å². The first-order valence-corrected chi connectivity index (χ1v) is 10.9. The lowest BCUT2D eigenvalue weighted by molar-refractivity contribution is -0.142. The molecular weight excluding hydrogens is 413 g/mol. The number of imide groups is 1. The molecule has 0 aromatic heterocycles. The monoisotopic (exact) mass is 437 g/mol. The first kappa shape index (κ1) is 20.6. The van der Waals surface area contributed by atoms with Gasteiger partial charge in [0.2, 0.25) is 17.7 Å². The zero-order valence-electron chi connectivity index (χ0n) is 17.6. The van der Waals surface area contributed by atoms with Crippen LogP contribution in [-0.4, -0.2) is 40.3 Å². The van der Waals surface area contributed by atoms with E-state index in [2.05, 4.69) is 10.6 Å². The molecule has 32 heavy (non-hydrogen) atoms. The molecule has 3 heterocycles. The summed E-state index contributed by atoms with van der Waals surface area (Å²) in [6.07, 6.45) is 1.88. The van der Waals surface area contributed by atoms with Gasteiger partial charge in [0, 0.05) is 23.8 Å². The van der Waals surface area contributed by atoms with Crippen LogP contribution in [0.2, 0.25) is 0 Å². The van der Waals surface area contributed by atoms with E-state index in [0.717, 1.165) is 12.0 Å². The molecule has 4 atom stereocenters. The Bertz CT molecular complexity index is 1120. The Labute approximate surface area is 184 Å². The Hall–Kier alpha value is -3.26. The van der Waals surface area contributed by atoms with Gasteiger partial charge in [-0.3, -0.25) is 24.6 Å². The number of unbranched alkanes of at least 4 members (excludes halogenated alkanes) is 1. The van der Waals surface area contributed by atoms with E-state index in [-0.39, 0.29) is 17.6 Å². The number of aromatic hydroxyl groups is 1. The molecule has 2 aromatic rings. The molecule has 8 heteroatoms. The first-order chi connectivity index (χ1) is 15.4. The normalized spacial score (nSPS) is 28.4. The molecule has 3 aliphatic rings. The number of halogens is 1. The van der Waals surface area contributed by atoms with Crippen molar-refractivity contribution in [2.45, 2.75) is 37.8 Å². The zero-order chi connectivity index (χ0) is 22.6. The number of rotatable bonds is 5. The average Bonchev–Trinajstić information content (AvgIpc) is 3.34. The molecule has 3 aliphatic heterocycles. The molecule has 2 fully saturated rings. The Morgan fingerprint density at radius 1 is 1.09 bits per heavy atom. The van der Waals surface area contributed by atoms with E-state index < -0.39 is 35.1 Å². The number of hydrogen-bond donors (Lipinski definition) is 3. The molecule has 3 amide bonds. The van der Waals surface area contributed by atoms with Crippen LogP contribution in [0.1, 0.15) is 30.9 Å². The number of anilines is 1. The standard InChI is InChI=1S/C24H24FN3O4/c1-2-3-10-28-21(30)19-18(11-13-4-7-15(29)8-5-13)27-24(20(19)22(28)31)16-12-14(25)6-9-17(16)26-23(24)32/h4-9,12,18-20,27,29H,2-3,10-11H2,1H3,(H,26,32)/t18-,19+,20-,24-/m0/s1. The van der Waals surface area contributed by atoms with E-state index in [9.17, 15) is 23.9 Å². The van der Waals surface area contributed by atoms with Crippen LogP contribution in [0.15, 0.2) is 42.5 Å². The number of nitrogens with one attached hydrogen (secondary N) is 2. The highest BCUT2D eigenvalue weighted by Gasteiger charge is 2.70. The van der Waals surface area contributed by atoms with Crippen LogP contribution >= 0.6 is 0 Å². The van der Waals surface area contributed by atoms with Crippen molar-refractivity contribution in [3.8, 4) is 5.75 Å². The van der Waals surface area contributed by atoms with E-state index in [4.69, 9.17) is 0 Å². The lowest BCUT2D eigenvalue weighted by atomic mass is 9.76. The van der Waals surface area contributed by atoms with Crippen molar-refractivity contribution in [3.05, 3.63) is 59.4 Å². The number of benzene rings is 2. The number of fused-ring (bicyclic) bond motifs is 4. The van der Waals surface area contributed by atoms with Gasteiger partial charge in [-0.25, -0.2) is 4.39 Å². The fourth-order valence-corrected chi connectivity index (χ4v) is 5.43. The summed E-state index contributed by atoms with van der Waals surface area (Å²) < 4.78 is 14.2. The Balaban J connectivity index is 1.61. The molecule has 2 aromatic carbocycles. The van der Waals surface area contributed by atoms with Gasteiger partial charge in [0.25, 0.3) is 0 Å². The molecule has 5 rings (SSSR count). The van der Waals surface area contributed by atoms with Gasteiger partial charge in [-0.15, -0.1) is 0 Å². The Morgan fingerprint density at radius 2 is 1.84 bits per heavy atom. The van der Waals surface area contributed by atoms with Crippen LogP contribution in [0.25, 0.3) is 0 Å². The quantitative estimate of drug-likeness (QED) is 0.624. The largest absolute Gasteiger partial charge is 0.508 e. The third kappa shape index (κ3) is 2.86. The third-order valence-corrected chi connectivity index (χ3v) is 6.90. The minimum atomic E-state index is -1.50. The summed E-state index contributed by atoms with van der Waals surface area (Å²) in [5.74, 6) is -3.20. The maximum Gasteiger partial charge on any atom is 0.250 e. The van der Waals surface area contributed by atoms with Gasteiger partial charge in [-0.2, -0.15) is 0 Å². The lowest BCUT2D eigenvalue weighted by Crippen LogP contribution is -2.53. The number of nitrogens with zero attached hydrogens (tertiary/aromatic N) is 1. The molecule has 0 unspecified atom stereocenters. The van der Waals surface area contributed by atoms with E-state index >= 15 is 0 Å². The molecular formula is C24H24FN3O4. The highest BCUT2D eigenvalue weighted by atomic mass is 19.1. The topological polar surface area (TPSA) is 98.7 Å². The minimum Gasteiger partial charge on any atom is -0.508 e. The number of phenols is 1. The van der Waals surface area contributed by atoms with Crippen LogP contribution in [0, 0.1) is 17.7 Å². The maximum atomic E-state index is 14.2. The number of hydrogen-bond acceptors (Lipinski definition) is 5. The van der Waals surface area contributed by atoms with E-state index in [1.54, 1.807) is 24.3 Å². The number of carbonyl (C=O) groups excluding carboxylic acids is 3.